The first kappa shape index (κ1) is 33.9. The highest BCUT2D eigenvalue weighted by atomic mass is 32.2. The summed E-state index contributed by atoms with van der Waals surface area (Å²) in [5, 5.41) is 4.28. The molecule has 0 bridgehead atoms. The lowest BCUT2D eigenvalue weighted by Gasteiger charge is -2.49. The van der Waals surface area contributed by atoms with Gasteiger partial charge in [-0.15, -0.1) is 23.1 Å². The summed E-state index contributed by atoms with van der Waals surface area (Å²) in [6.45, 7) is 2.64. The molecule has 52 heavy (non-hydrogen) atoms. The van der Waals surface area contributed by atoms with Gasteiger partial charge in [-0.25, -0.2) is 9.59 Å². The van der Waals surface area contributed by atoms with Crippen molar-refractivity contribution in [1.29, 1.82) is 0 Å². The number of amides is 2. The van der Waals surface area contributed by atoms with E-state index in [2.05, 4.69) is 12.2 Å². The molecular formula is C39H34N2O9S2. The van der Waals surface area contributed by atoms with Gasteiger partial charge in [0.15, 0.2) is 5.60 Å². The standard InChI is InChI=1S/C39H34N2O9S2/c1-3-4-15-47-23-11-13-28-30(17-23)49-31-18-24(12-14-29(31)39(28)27-10-6-5-9-26(27)37(44)50-39)48-20-22-21-52-36-33(35(43)41(36)34(22)38(45)46-2)40-32(42)19-25-8-7-16-51-25/h5-14,16-18,33,36H,3-4,15,19-21H2,1-2H3,(H,40,42). The maximum atomic E-state index is 13.3. The summed E-state index contributed by atoms with van der Waals surface area (Å²) in [5.74, 6) is 0.631. The fourth-order valence-corrected chi connectivity index (χ4v) is 9.03. The minimum atomic E-state index is -1.25. The van der Waals surface area contributed by atoms with Crippen LogP contribution < -0.4 is 19.5 Å². The van der Waals surface area contributed by atoms with Gasteiger partial charge in [-0.1, -0.05) is 37.6 Å². The largest absolute Gasteiger partial charge is 0.493 e. The molecule has 4 aromatic rings. The van der Waals surface area contributed by atoms with Crippen LogP contribution in [-0.2, 0) is 35.9 Å². The highest BCUT2D eigenvalue weighted by Crippen LogP contribution is 2.57. The number of ether oxygens (including phenoxy) is 5. The molecule has 1 N–H and O–H groups in total. The number of carbonyl (C=O) groups is 4. The van der Waals surface area contributed by atoms with Crippen LogP contribution >= 0.6 is 23.1 Å². The number of methoxy groups -OCH3 is 1. The summed E-state index contributed by atoms with van der Waals surface area (Å²) < 4.78 is 30.1. The van der Waals surface area contributed by atoms with E-state index in [1.54, 1.807) is 24.3 Å². The first-order chi connectivity index (χ1) is 25.3. The predicted octanol–water partition coefficient (Wildman–Crippen LogP) is 5.94. The Morgan fingerprint density at radius 3 is 2.42 bits per heavy atom. The van der Waals surface area contributed by atoms with Crippen LogP contribution in [0.3, 0.4) is 0 Å². The van der Waals surface area contributed by atoms with Crippen molar-refractivity contribution in [3.8, 4) is 23.0 Å². The van der Waals surface area contributed by atoms with Crippen molar-refractivity contribution in [2.45, 2.75) is 43.2 Å². The number of nitrogens with one attached hydrogen (secondary N) is 1. The van der Waals surface area contributed by atoms with Crippen molar-refractivity contribution in [3.63, 3.8) is 0 Å². The number of nitrogens with zero attached hydrogens (tertiary/aromatic N) is 1. The van der Waals surface area contributed by atoms with Gasteiger partial charge in [0.1, 0.15) is 46.7 Å². The van der Waals surface area contributed by atoms with Crippen LogP contribution in [0.15, 0.2) is 89.4 Å². The van der Waals surface area contributed by atoms with Crippen molar-refractivity contribution in [3.05, 3.63) is 117 Å². The molecule has 13 heteroatoms. The Hall–Kier alpha value is -5.27. The van der Waals surface area contributed by atoms with Crippen LogP contribution in [-0.4, -0.2) is 66.1 Å². The number of thioether (sulfide) groups is 1. The maximum absolute atomic E-state index is 13.3. The Bertz CT molecular complexity index is 2130. The van der Waals surface area contributed by atoms with Crippen molar-refractivity contribution in [2.24, 2.45) is 0 Å². The van der Waals surface area contributed by atoms with Crippen LogP contribution in [0.4, 0.5) is 0 Å². The lowest BCUT2D eigenvalue weighted by atomic mass is 9.77. The molecular weight excluding hydrogens is 705 g/mol. The summed E-state index contributed by atoms with van der Waals surface area (Å²) in [5.41, 5.74) is 1.93. The maximum Gasteiger partial charge on any atom is 0.354 e. The molecule has 1 aromatic heterocycles. The van der Waals surface area contributed by atoms with Gasteiger partial charge >= 0.3 is 11.9 Å². The van der Waals surface area contributed by atoms with E-state index in [1.807, 2.05) is 53.9 Å². The van der Waals surface area contributed by atoms with Crippen molar-refractivity contribution < 1.29 is 42.9 Å². The lowest BCUT2D eigenvalue weighted by molar-refractivity contribution is -0.151. The Morgan fingerprint density at radius 2 is 1.71 bits per heavy atom. The van der Waals surface area contributed by atoms with Gasteiger partial charge in [-0.2, -0.15) is 0 Å². The molecule has 4 aliphatic heterocycles. The molecule has 3 atom stereocenters. The zero-order valence-electron chi connectivity index (χ0n) is 28.3. The van der Waals surface area contributed by atoms with E-state index in [-0.39, 0.29) is 30.5 Å². The fourth-order valence-electron chi connectivity index (χ4n) is 7.00. The normalized spacial score (nSPS) is 20.8. The molecule has 1 saturated heterocycles. The third-order valence-electron chi connectivity index (χ3n) is 9.49. The van der Waals surface area contributed by atoms with Crippen molar-refractivity contribution in [2.75, 3.05) is 26.1 Å². The first-order valence-corrected chi connectivity index (χ1v) is 18.9. The number of esters is 2. The molecule has 0 saturated carbocycles. The van der Waals surface area contributed by atoms with Gasteiger partial charge in [-0.05, 0) is 48.2 Å². The zero-order chi connectivity index (χ0) is 36.0. The molecule has 266 valence electrons. The van der Waals surface area contributed by atoms with Gasteiger partial charge in [-0.3, -0.25) is 14.5 Å². The number of rotatable bonds is 11. The predicted molar refractivity (Wildman–Crippen MR) is 193 cm³/mol. The molecule has 11 nitrogen and oxygen atoms in total. The number of fused-ring (bicyclic) bond motifs is 7. The Kier molecular flexibility index (Phi) is 8.92. The second-order valence-electron chi connectivity index (χ2n) is 12.7. The number of unbranched alkanes of at least 4 members (excludes halogenated alkanes) is 1. The Morgan fingerprint density at radius 1 is 0.962 bits per heavy atom. The van der Waals surface area contributed by atoms with E-state index in [4.69, 9.17) is 23.7 Å². The zero-order valence-corrected chi connectivity index (χ0v) is 30.0. The molecule has 0 radical (unpaired) electrons. The van der Waals surface area contributed by atoms with Crippen LogP contribution in [0.1, 0.15) is 51.7 Å². The minimum absolute atomic E-state index is 0.0168. The summed E-state index contributed by atoms with van der Waals surface area (Å²) in [6.07, 6.45) is 2.08. The topological polar surface area (TPSA) is 130 Å². The van der Waals surface area contributed by atoms with E-state index in [1.165, 1.54) is 35.1 Å². The molecule has 3 aromatic carbocycles. The number of hydrogen-bond acceptors (Lipinski definition) is 11. The van der Waals surface area contributed by atoms with Gasteiger partial charge in [0.25, 0.3) is 5.91 Å². The van der Waals surface area contributed by atoms with E-state index < -0.39 is 29.0 Å². The number of thiophene rings is 1. The molecule has 2 amide bonds. The van der Waals surface area contributed by atoms with E-state index >= 15 is 0 Å². The Labute approximate surface area is 307 Å². The van der Waals surface area contributed by atoms with Crippen LogP contribution in [0, 0.1) is 0 Å². The quantitative estimate of drug-likeness (QED) is 0.112. The number of carbonyl (C=O) groups excluding carboxylic acids is 4. The fraction of sp³-hybridized carbons (Fsp3) is 0.282. The first-order valence-electron chi connectivity index (χ1n) is 16.9. The average Bonchev–Trinajstić information content (AvgIpc) is 3.78. The second kappa shape index (κ2) is 13.7. The molecule has 0 aliphatic carbocycles. The summed E-state index contributed by atoms with van der Waals surface area (Å²) in [7, 11) is 1.26. The molecule has 1 spiro atoms. The lowest BCUT2D eigenvalue weighted by Crippen LogP contribution is -2.70. The van der Waals surface area contributed by atoms with Crippen molar-refractivity contribution in [1.82, 2.24) is 10.2 Å². The molecule has 4 aliphatic rings. The van der Waals surface area contributed by atoms with Crippen molar-refractivity contribution >= 4 is 46.9 Å². The minimum Gasteiger partial charge on any atom is -0.493 e. The average molecular weight is 739 g/mol. The molecule has 5 heterocycles. The third-order valence-corrected chi connectivity index (χ3v) is 11.7. The number of β-lactam (4-membered cyclic amide) rings is 1. The van der Waals surface area contributed by atoms with Gasteiger partial charge in [0, 0.05) is 45.0 Å². The summed E-state index contributed by atoms with van der Waals surface area (Å²) in [4.78, 5) is 54.6. The van der Waals surface area contributed by atoms with Crippen LogP contribution in [0.2, 0.25) is 0 Å². The summed E-state index contributed by atoms with van der Waals surface area (Å²) >= 11 is 2.91. The van der Waals surface area contributed by atoms with Gasteiger partial charge in [0.2, 0.25) is 5.91 Å². The Balaban J connectivity index is 1.06. The third kappa shape index (κ3) is 5.68. The monoisotopic (exact) mass is 738 g/mol. The number of benzene rings is 3. The highest BCUT2D eigenvalue weighted by molar-refractivity contribution is 8.00. The molecule has 8 rings (SSSR count). The summed E-state index contributed by atoms with van der Waals surface area (Å²) in [6, 6.07) is 21.2. The van der Waals surface area contributed by atoms with Crippen LogP contribution in [0.25, 0.3) is 0 Å². The van der Waals surface area contributed by atoms with E-state index in [0.717, 1.165) is 17.7 Å². The van der Waals surface area contributed by atoms with Gasteiger partial charge < -0.3 is 29.0 Å². The number of hydrogen-bond donors (Lipinski definition) is 1. The SMILES string of the molecule is CCCCOc1ccc2c(c1)Oc1cc(OCC3=C(C(=O)OC)N4C(=O)C(NC(=O)Cc5cccs5)C4SC3)ccc1C21OC(=O)c2ccccc21. The van der Waals surface area contributed by atoms with Crippen LogP contribution in [0.5, 0.6) is 23.0 Å². The second-order valence-corrected chi connectivity index (χ2v) is 14.8. The highest BCUT2D eigenvalue weighted by Gasteiger charge is 2.55. The smallest absolute Gasteiger partial charge is 0.354 e. The molecule has 1 fully saturated rings. The van der Waals surface area contributed by atoms with Gasteiger partial charge in [0.05, 0.1) is 25.7 Å². The van der Waals surface area contributed by atoms with E-state index in [0.29, 0.717) is 63.2 Å². The van der Waals surface area contributed by atoms with E-state index in [9.17, 15) is 19.2 Å². The molecule has 3 unspecified atom stereocenters.